The van der Waals surface area contributed by atoms with E-state index in [1.165, 1.54) is 0 Å². The third kappa shape index (κ3) is 10.9. The van der Waals surface area contributed by atoms with Gasteiger partial charge in [0.2, 0.25) is 5.91 Å². The molecule has 0 radical (unpaired) electrons. The number of hydrogen-bond donors (Lipinski definition) is 2. The second-order valence-electron chi connectivity index (χ2n) is 11.4. The summed E-state index contributed by atoms with van der Waals surface area (Å²) in [4.78, 5) is 42.2. The lowest BCUT2D eigenvalue weighted by Gasteiger charge is -2.34. The van der Waals surface area contributed by atoms with Crippen LogP contribution in [0.15, 0.2) is 49.0 Å². The first-order chi connectivity index (χ1) is 19.4. The van der Waals surface area contributed by atoms with Crippen molar-refractivity contribution < 1.29 is 19.1 Å². The van der Waals surface area contributed by atoms with Crippen molar-refractivity contribution in [3.8, 4) is 0 Å². The number of benzene rings is 2. The monoisotopic (exact) mass is 583 g/mol. The third-order valence-corrected chi connectivity index (χ3v) is 6.95. The predicted octanol–water partition coefficient (Wildman–Crippen LogP) is 8.07. The fourth-order valence-electron chi connectivity index (χ4n) is 4.53. The van der Waals surface area contributed by atoms with E-state index in [0.29, 0.717) is 29.2 Å². The maximum Gasteiger partial charge on any atom is 0.408 e. The molecule has 0 heterocycles. The maximum absolute atomic E-state index is 14.1. The van der Waals surface area contributed by atoms with Gasteiger partial charge in [0, 0.05) is 6.54 Å². The second kappa shape index (κ2) is 16.2. The number of para-hydroxylation sites is 1. The molecule has 0 fully saturated rings. The van der Waals surface area contributed by atoms with Crippen LogP contribution in [0.1, 0.15) is 95.9 Å². The molecular formula is C33H46ClN3O4. The molecule has 2 aromatic carbocycles. The number of nitrogens with zero attached hydrogens (tertiary/aromatic N) is 1. The Morgan fingerprint density at radius 2 is 1.71 bits per heavy atom. The van der Waals surface area contributed by atoms with Gasteiger partial charge in [-0.05, 0) is 69.9 Å². The third-order valence-electron chi connectivity index (χ3n) is 6.63. The summed E-state index contributed by atoms with van der Waals surface area (Å²) >= 11 is 6.45. The van der Waals surface area contributed by atoms with Crippen molar-refractivity contribution in [2.75, 3.05) is 11.9 Å². The first-order valence-electron chi connectivity index (χ1n) is 14.5. The van der Waals surface area contributed by atoms with Gasteiger partial charge in [0.05, 0.1) is 10.7 Å². The summed E-state index contributed by atoms with van der Waals surface area (Å²) in [6, 6.07) is 10.9. The van der Waals surface area contributed by atoms with Gasteiger partial charge in [-0.25, -0.2) is 4.79 Å². The molecule has 2 atom stereocenters. The van der Waals surface area contributed by atoms with Gasteiger partial charge in [-0.2, -0.15) is 0 Å². The number of unbranched alkanes of at least 4 members (excludes halogenated alkanes) is 5. The van der Waals surface area contributed by atoms with Gasteiger partial charge in [-0.1, -0.05) is 93.6 Å². The Labute approximate surface area is 250 Å². The summed E-state index contributed by atoms with van der Waals surface area (Å²) in [6.45, 7) is 15.1. The Hall–Kier alpha value is -3.32. The van der Waals surface area contributed by atoms with E-state index in [2.05, 4.69) is 24.1 Å². The SMILES string of the molecule is C=Cc1cccc(C(C(=O)Nc2c(C)cccc2Cl)N(CCCCCCCC)C(=O)C(C)NC(=O)OC(C)(C)C)c1. The number of nitrogens with one attached hydrogen (secondary N) is 2. The number of ether oxygens (including phenoxy) is 1. The summed E-state index contributed by atoms with van der Waals surface area (Å²) in [5.74, 6) is -0.782. The van der Waals surface area contributed by atoms with Crippen molar-refractivity contribution in [3.63, 3.8) is 0 Å². The van der Waals surface area contributed by atoms with Crippen LogP contribution in [-0.4, -0.2) is 41.0 Å². The fourth-order valence-corrected chi connectivity index (χ4v) is 4.80. The molecule has 0 saturated carbocycles. The van der Waals surface area contributed by atoms with Crippen molar-refractivity contribution in [1.29, 1.82) is 0 Å². The van der Waals surface area contributed by atoms with E-state index in [1.54, 1.807) is 44.7 Å². The number of aryl methyl sites for hydroxylation is 1. The van der Waals surface area contributed by atoms with Crippen molar-refractivity contribution in [1.82, 2.24) is 10.2 Å². The second-order valence-corrected chi connectivity index (χ2v) is 11.8. The molecule has 7 nitrogen and oxygen atoms in total. The van der Waals surface area contributed by atoms with E-state index in [4.69, 9.17) is 16.3 Å². The topological polar surface area (TPSA) is 87.7 Å². The minimum absolute atomic E-state index is 0.337. The standard InChI is InChI=1S/C33H46ClN3O4/c1-8-10-11-12-13-14-21-37(31(39)24(4)35-32(40)41-33(5,6)7)29(26-19-16-18-25(9-2)22-26)30(38)36-28-23(3)17-15-20-27(28)34/h9,15-20,22,24,29H,2,8,10-14,21H2,1,3-7H3,(H,35,40)(H,36,38). The number of hydrogen-bond acceptors (Lipinski definition) is 4. The zero-order valence-electron chi connectivity index (χ0n) is 25.4. The van der Waals surface area contributed by atoms with Gasteiger partial charge in [-0.15, -0.1) is 0 Å². The van der Waals surface area contributed by atoms with Gasteiger partial charge in [-0.3, -0.25) is 9.59 Å². The van der Waals surface area contributed by atoms with Crippen LogP contribution in [0.2, 0.25) is 5.02 Å². The molecule has 0 saturated heterocycles. The summed E-state index contributed by atoms with van der Waals surface area (Å²) < 4.78 is 5.38. The molecule has 0 aromatic heterocycles. The van der Waals surface area contributed by atoms with Crippen molar-refractivity contribution in [2.45, 2.75) is 97.8 Å². The highest BCUT2D eigenvalue weighted by molar-refractivity contribution is 6.34. The van der Waals surface area contributed by atoms with Crippen LogP contribution in [0, 0.1) is 6.92 Å². The number of halogens is 1. The fraction of sp³-hybridized carbons (Fsp3) is 0.485. The molecule has 0 aliphatic carbocycles. The van der Waals surface area contributed by atoms with Gasteiger partial charge in [0.25, 0.3) is 5.91 Å². The highest BCUT2D eigenvalue weighted by Gasteiger charge is 2.35. The molecule has 0 bridgehead atoms. The molecular weight excluding hydrogens is 538 g/mol. The number of carbonyl (C=O) groups is 3. The van der Waals surface area contributed by atoms with Crippen LogP contribution in [0.25, 0.3) is 6.08 Å². The van der Waals surface area contributed by atoms with Crippen LogP contribution in [-0.2, 0) is 14.3 Å². The zero-order chi connectivity index (χ0) is 30.6. The lowest BCUT2D eigenvalue weighted by molar-refractivity contribution is -0.140. The van der Waals surface area contributed by atoms with Crippen molar-refractivity contribution >= 4 is 41.3 Å². The van der Waals surface area contributed by atoms with E-state index in [0.717, 1.165) is 43.2 Å². The molecule has 0 spiro atoms. The van der Waals surface area contributed by atoms with E-state index in [1.807, 2.05) is 43.3 Å². The van der Waals surface area contributed by atoms with Gasteiger partial charge in [0.1, 0.15) is 17.7 Å². The summed E-state index contributed by atoms with van der Waals surface area (Å²) in [5, 5.41) is 6.03. The molecule has 41 heavy (non-hydrogen) atoms. The number of rotatable bonds is 14. The molecule has 8 heteroatoms. The summed E-state index contributed by atoms with van der Waals surface area (Å²) in [5.41, 5.74) is 2.04. The molecule has 2 unspecified atom stereocenters. The first-order valence-corrected chi connectivity index (χ1v) is 14.8. The van der Waals surface area contributed by atoms with Gasteiger partial charge >= 0.3 is 6.09 Å². The Morgan fingerprint density at radius 3 is 2.34 bits per heavy atom. The highest BCUT2D eigenvalue weighted by Crippen LogP contribution is 2.30. The van der Waals surface area contributed by atoms with Crippen molar-refractivity contribution in [2.24, 2.45) is 0 Å². The molecule has 0 aliphatic heterocycles. The highest BCUT2D eigenvalue weighted by atomic mass is 35.5. The Kier molecular flexibility index (Phi) is 13.4. The molecule has 224 valence electrons. The minimum atomic E-state index is -0.975. The Morgan fingerprint density at radius 1 is 1.05 bits per heavy atom. The normalized spacial score (nSPS) is 12.7. The smallest absolute Gasteiger partial charge is 0.408 e. The molecule has 3 amide bonds. The van der Waals surface area contributed by atoms with Gasteiger partial charge < -0.3 is 20.3 Å². The number of amides is 3. The van der Waals surface area contributed by atoms with Crippen LogP contribution in [0.3, 0.4) is 0 Å². The molecule has 2 aromatic rings. The van der Waals surface area contributed by atoms with E-state index < -0.39 is 29.7 Å². The first kappa shape index (κ1) is 33.9. The van der Waals surface area contributed by atoms with E-state index in [-0.39, 0.29) is 5.91 Å². The number of anilines is 1. The Balaban J connectivity index is 2.48. The van der Waals surface area contributed by atoms with Crippen LogP contribution < -0.4 is 10.6 Å². The maximum atomic E-state index is 14.1. The zero-order valence-corrected chi connectivity index (χ0v) is 26.1. The van der Waals surface area contributed by atoms with Crippen LogP contribution in [0.5, 0.6) is 0 Å². The molecule has 0 aliphatic rings. The van der Waals surface area contributed by atoms with Gasteiger partial charge in [0.15, 0.2) is 0 Å². The molecule has 2 rings (SSSR count). The average Bonchev–Trinajstić information content (AvgIpc) is 2.90. The predicted molar refractivity (Wildman–Crippen MR) is 168 cm³/mol. The number of carbonyl (C=O) groups excluding carboxylic acids is 3. The Bertz CT molecular complexity index is 1170. The van der Waals surface area contributed by atoms with Crippen molar-refractivity contribution in [3.05, 3.63) is 70.8 Å². The quantitative estimate of drug-likeness (QED) is 0.220. The van der Waals surface area contributed by atoms with E-state index >= 15 is 0 Å². The lowest BCUT2D eigenvalue weighted by Crippen LogP contribution is -2.51. The largest absolute Gasteiger partial charge is 0.444 e. The average molecular weight is 584 g/mol. The number of alkyl carbamates (subject to hydrolysis) is 1. The van der Waals surface area contributed by atoms with Crippen LogP contribution in [0.4, 0.5) is 10.5 Å². The summed E-state index contributed by atoms with van der Waals surface area (Å²) in [6.07, 6.45) is 7.11. The summed E-state index contributed by atoms with van der Waals surface area (Å²) in [7, 11) is 0. The van der Waals surface area contributed by atoms with Crippen LogP contribution >= 0.6 is 11.6 Å². The molecule has 2 N–H and O–H groups in total. The minimum Gasteiger partial charge on any atom is -0.444 e. The van der Waals surface area contributed by atoms with E-state index in [9.17, 15) is 14.4 Å². The lowest BCUT2D eigenvalue weighted by atomic mass is 9.99.